The van der Waals surface area contributed by atoms with Gasteiger partial charge in [0.15, 0.2) is 0 Å². The van der Waals surface area contributed by atoms with Crippen molar-refractivity contribution in [2.24, 2.45) is 23.3 Å². The van der Waals surface area contributed by atoms with Gasteiger partial charge in [-0.1, -0.05) is 27.7 Å². The highest BCUT2D eigenvalue weighted by Crippen LogP contribution is 2.08. The molecule has 0 unspecified atom stereocenters. The van der Waals surface area contributed by atoms with Crippen LogP contribution < -0.4 is 38.1 Å². The van der Waals surface area contributed by atoms with Crippen LogP contribution >= 0.6 is 0 Å². The smallest absolute Gasteiger partial charge is 0.303 e. The Morgan fingerprint density at radius 3 is 1.73 bits per heavy atom. The van der Waals surface area contributed by atoms with Crippen LogP contribution in [0.25, 0.3) is 0 Å². The van der Waals surface area contributed by atoms with Crippen LogP contribution in [0.15, 0.2) is 0 Å². The van der Waals surface area contributed by atoms with Gasteiger partial charge in [-0.05, 0) is 24.7 Å². The minimum absolute atomic E-state index is 0.119. The van der Waals surface area contributed by atoms with Gasteiger partial charge in [-0.25, -0.2) is 0 Å². The first kappa shape index (κ1) is 37.2. The van der Waals surface area contributed by atoms with Gasteiger partial charge >= 0.3 is 5.97 Å². The molecule has 0 aliphatic carbocycles. The van der Waals surface area contributed by atoms with Crippen molar-refractivity contribution in [3.63, 3.8) is 0 Å². The van der Waals surface area contributed by atoms with Crippen molar-refractivity contribution in [3.05, 3.63) is 0 Å². The van der Waals surface area contributed by atoms with E-state index in [1.807, 2.05) is 13.8 Å². The molecular weight excluding hydrogens is 542 g/mol. The molecular formula is C25H45N7O9. The lowest BCUT2D eigenvalue weighted by molar-refractivity contribution is -0.139. The van der Waals surface area contributed by atoms with Gasteiger partial charge in [0.25, 0.3) is 0 Å². The van der Waals surface area contributed by atoms with E-state index < -0.39 is 97.0 Å². The molecule has 0 radical (unpaired) electrons. The fourth-order valence-electron chi connectivity index (χ4n) is 3.79. The number of nitrogens with one attached hydrogen (secondary N) is 5. The summed E-state index contributed by atoms with van der Waals surface area (Å²) in [5, 5.41) is 30.5. The molecule has 0 aromatic carbocycles. The van der Waals surface area contributed by atoms with Gasteiger partial charge < -0.3 is 48.3 Å². The number of rotatable bonds is 19. The van der Waals surface area contributed by atoms with Crippen LogP contribution in [0.1, 0.15) is 60.3 Å². The zero-order valence-electron chi connectivity index (χ0n) is 24.2. The number of carboxylic acid groups (broad SMARTS) is 1. The third-order valence-electron chi connectivity index (χ3n) is 5.83. The monoisotopic (exact) mass is 587 g/mol. The van der Waals surface area contributed by atoms with Gasteiger partial charge in [-0.15, -0.1) is 0 Å². The van der Waals surface area contributed by atoms with E-state index in [1.54, 1.807) is 13.8 Å². The third-order valence-corrected chi connectivity index (χ3v) is 5.83. The first-order valence-electron chi connectivity index (χ1n) is 13.3. The standard InChI is InChI=1S/C25H45N7O9/c1-12(2)8-15(10-26)29-23(39)17(9-19(27)35)31-25(41)21(13(3)4)32-22(38)16(6-7-20(36)37)30-24(40)18(11-33)28-14(5)34/h12-13,15-18,21,33H,6-11,26H2,1-5H3,(H2,27,35)(H,28,34)(H,29,39)(H,30,40)(H,31,41)(H,32,38)(H,36,37)/t15-,16-,17-,18-,21-/m0/s1. The molecule has 234 valence electrons. The summed E-state index contributed by atoms with van der Waals surface area (Å²) in [7, 11) is 0. The summed E-state index contributed by atoms with van der Waals surface area (Å²) in [6.07, 6.45) is -0.883. The van der Waals surface area contributed by atoms with Gasteiger partial charge in [0, 0.05) is 25.9 Å². The Kier molecular flexibility index (Phi) is 16.8. The molecule has 0 fully saturated rings. The fraction of sp³-hybridized carbons (Fsp3) is 0.720. The summed E-state index contributed by atoms with van der Waals surface area (Å²) in [4.78, 5) is 85.8. The van der Waals surface area contributed by atoms with Gasteiger partial charge in [-0.3, -0.25) is 33.6 Å². The molecule has 0 spiro atoms. The predicted octanol–water partition coefficient (Wildman–Crippen LogP) is -3.18. The van der Waals surface area contributed by atoms with Crippen LogP contribution in [0, 0.1) is 11.8 Å². The van der Waals surface area contributed by atoms with Gasteiger partial charge in [0.1, 0.15) is 24.2 Å². The topological polar surface area (TPSA) is 272 Å². The van der Waals surface area contributed by atoms with Crippen molar-refractivity contribution in [3.8, 4) is 0 Å². The number of carboxylic acids is 1. The van der Waals surface area contributed by atoms with Gasteiger partial charge in [-0.2, -0.15) is 0 Å². The molecule has 0 rings (SSSR count). The maximum atomic E-state index is 13.2. The number of carbonyl (C=O) groups is 7. The van der Waals surface area contributed by atoms with Crippen molar-refractivity contribution < 1.29 is 43.8 Å². The predicted molar refractivity (Wildman–Crippen MR) is 146 cm³/mol. The van der Waals surface area contributed by atoms with E-state index in [-0.39, 0.29) is 18.9 Å². The Balaban J connectivity index is 5.83. The summed E-state index contributed by atoms with van der Waals surface area (Å²) in [6, 6.07) is -5.93. The zero-order valence-corrected chi connectivity index (χ0v) is 24.2. The Bertz CT molecular complexity index is 942. The van der Waals surface area contributed by atoms with Crippen molar-refractivity contribution in [2.45, 2.75) is 90.5 Å². The Morgan fingerprint density at radius 2 is 1.29 bits per heavy atom. The fourth-order valence-corrected chi connectivity index (χ4v) is 3.79. The van der Waals surface area contributed by atoms with Crippen LogP contribution in [0.5, 0.6) is 0 Å². The number of aliphatic carboxylic acids is 1. The summed E-state index contributed by atoms with van der Waals surface area (Å²) in [5.74, 6) is -6.51. The molecule has 41 heavy (non-hydrogen) atoms. The lowest BCUT2D eigenvalue weighted by Gasteiger charge is -2.28. The molecule has 0 bridgehead atoms. The molecule has 0 aromatic rings. The molecule has 16 heteroatoms. The number of aliphatic hydroxyl groups is 1. The summed E-state index contributed by atoms with van der Waals surface area (Å²) in [5.41, 5.74) is 11.0. The number of primary amides is 1. The van der Waals surface area contributed by atoms with Crippen LogP contribution in [-0.4, -0.2) is 95.0 Å². The minimum Gasteiger partial charge on any atom is -0.481 e. The number of hydrogen-bond acceptors (Lipinski definition) is 9. The van der Waals surface area contributed by atoms with E-state index in [0.29, 0.717) is 6.42 Å². The molecule has 0 aromatic heterocycles. The van der Waals surface area contributed by atoms with Crippen LogP contribution in [0.2, 0.25) is 0 Å². The average molecular weight is 588 g/mol. The maximum absolute atomic E-state index is 13.2. The quantitative estimate of drug-likeness (QED) is 0.0731. The Morgan fingerprint density at radius 1 is 0.756 bits per heavy atom. The number of nitrogens with two attached hydrogens (primary N) is 2. The van der Waals surface area contributed by atoms with E-state index in [0.717, 1.165) is 6.92 Å². The molecule has 16 nitrogen and oxygen atoms in total. The third kappa shape index (κ3) is 15.0. The van der Waals surface area contributed by atoms with Crippen LogP contribution in [-0.2, 0) is 33.6 Å². The average Bonchev–Trinajstić information content (AvgIpc) is 2.85. The van der Waals surface area contributed by atoms with Crippen molar-refractivity contribution in [1.29, 1.82) is 0 Å². The lowest BCUT2D eigenvalue weighted by Crippen LogP contribution is -2.60. The van der Waals surface area contributed by atoms with Gasteiger partial charge in [0.05, 0.1) is 13.0 Å². The van der Waals surface area contributed by atoms with E-state index >= 15 is 0 Å². The molecule has 0 saturated carbocycles. The first-order chi connectivity index (χ1) is 19.0. The molecule has 6 amide bonds. The normalized spacial score (nSPS) is 14.7. The number of amides is 6. The number of carbonyl (C=O) groups excluding carboxylic acids is 6. The highest BCUT2D eigenvalue weighted by molar-refractivity contribution is 5.96. The highest BCUT2D eigenvalue weighted by Gasteiger charge is 2.33. The minimum atomic E-state index is -1.46. The van der Waals surface area contributed by atoms with E-state index in [1.165, 1.54) is 0 Å². The molecule has 0 aliphatic heterocycles. The van der Waals surface area contributed by atoms with E-state index in [4.69, 9.17) is 16.6 Å². The SMILES string of the molecule is CC(=O)N[C@@H](CO)C(=O)N[C@@H](CCC(=O)O)C(=O)N[C@H](C(=O)N[C@@H](CC(N)=O)C(=O)N[C@H](CN)CC(C)C)C(C)C. The summed E-state index contributed by atoms with van der Waals surface area (Å²) in [6.45, 7) is 7.49. The molecule has 0 aliphatic rings. The first-order valence-corrected chi connectivity index (χ1v) is 13.3. The van der Waals surface area contributed by atoms with Crippen LogP contribution in [0.4, 0.5) is 0 Å². The molecule has 0 heterocycles. The second-order valence-electron chi connectivity index (χ2n) is 10.5. The van der Waals surface area contributed by atoms with E-state index in [2.05, 4.69) is 26.6 Å². The highest BCUT2D eigenvalue weighted by atomic mass is 16.4. The largest absolute Gasteiger partial charge is 0.481 e. The van der Waals surface area contributed by atoms with Crippen molar-refractivity contribution in [1.82, 2.24) is 26.6 Å². The van der Waals surface area contributed by atoms with Crippen LogP contribution in [0.3, 0.4) is 0 Å². The van der Waals surface area contributed by atoms with Crippen molar-refractivity contribution in [2.75, 3.05) is 13.2 Å². The van der Waals surface area contributed by atoms with E-state index in [9.17, 15) is 38.7 Å². The second-order valence-corrected chi connectivity index (χ2v) is 10.5. The molecule has 5 atom stereocenters. The van der Waals surface area contributed by atoms with Crippen molar-refractivity contribution >= 4 is 41.4 Å². The summed E-state index contributed by atoms with van der Waals surface area (Å²) < 4.78 is 0. The Hall–Kier alpha value is -3.79. The lowest BCUT2D eigenvalue weighted by atomic mass is 10.0. The number of hydrogen-bond donors (Lipinski definition) is 9. The van der Waals surface area contributed by atoms with Gasteiger partial charge in [0.2, 0.25) is 35.4 Å². The molecule has 0 saturated heterocycles. The zero-order chi connectivity index (χ0) is 31.9. The Labute approximate surface area is 239 Å². The maximum Gasteiger partial charge on any atom is 0.303 e. The number of aliphatic hydroxyl groups excluding tert-OH is 1. The summed E-state index contributed by atoms with van der Waals surface area (Å²) >= 11 is 0. The molecule has 11 N–H and O–H groups in total. The second kappa shape index (κ2) is 18.5.